The summed E-state index contributed by atoms with van der Waals surface area (Å²) in [5, 5.41) is 5.21. The normalized spacial score (nSPS) is 19.9. The van der Waals surface area contributed by atoms with Crippen LogP contribution in [0.2, 0.25) is 0 Å². The number of Topliss-reactive ketones (excluding diaryl/α,β-unsaturated/α-hetero) is 1. The molecule has 2 heterocycles. The number of amides is 2. The fourth-order valence-corrected chi connectivity index (χ4v) is 5.11. The molecule has 1 fully saturated rings. The monoisotopic (exact) mass is 549 g/mol. The van der Waals surface area contributed by atoms with Crippen LogP contribution >= 0.6 is 0 Å². The van der Waals surface area contributed by atoms with E-state index < -0.39 is 36.5 Å². The fourth-order valence-electron chi connectivity index (χ4n) is 5.11. The quantitative estimate of drug-likeness (QED) is 0.468. The number of carbonyl (C=O) groups is 2. The van der Waals surface area contributed by atoms with Gasteiger partial charge in [0, 0.05) is 48.7 Å². The van der Waals surface area contributed by atoms with Gasteiger partial charge in [-0.1, -0.05) is 54.6 Å². The minimum absolute atomic E-state index is 0.233. The Kier molecular flexibility index (Phi) is 7.88. The SMILES string of the molecule is CN1CCN(c2ccc(NC(=O)NC3N=C(c4ccccc4)c4ccccc4C(CC(F)(F)F)C3=O)cc2)CC1. The van der Waals surface area contributed by atoms with Crippen molar-refractivity contribution in [3.05, 3.63) is 95.6 Å². The number of nitrogens with one attached hydrogen (secondary N) is 2. The smallest absolute Gasteiger partial charge is 0.369 e. The number of halogens is 3. The third-order valence-corrected chi connectivity index (χ3v) is 7.21. The van der Waals surface area contributed by atoms with Crippen LogP contribution in [0, 0.1) is 0 Å². The van der Waals surface area contributed by atoms with Gasteiger partial charge in [-0.05, 0) is 36.9 Å². The summed E-state index contributed by atoms with van der Waals surface area (Å²) in [5.74, 6) is -2.34. The van der Waals surface area contributed by atoms with Gasteiger partial charge in [0.2, 0.25) is 0 Å². The molecule has 40 heavy (non-hydrogen) atoms. The predicted octanol–water partition coefficient (Wildman–Crippen LogP) is 5.04. The summed E-state index contributed by atoms with van der Waals surface area (Å²) >= 11 is 0. The van der Waals surface area contributed by atoms with E-state index >= 15 is 0 Å². The molecular formula is C30H30F3N5O2. The number of likely N-dealkylation sites (N-methyl/N-ethyl adjacent to an activating group) is 1. The van der Waals surface area contributed by atoms with Crippen LogP contribution in [-0.4, -0.2) is 68.0 Å². The van der Waals surface area contributed by atoms with Gasteiger partial charge in [-0.15, -0.1) is 0 Å². The molecule has 10 heteroatoms. The summed E-state index contributed by atoms with van der Waals surface area (Å²) in [5.41, 5.74) is 3.15. The first-order valence-corrected chi connectivity index (χ1v) is 13.1. The average molecular weight is 550 g/mol. The van der Waals surface area contributed by atoms with Crippen molar-refractivity contribution in [2.45, 2.75) is 24.7 Å². The van der Waals surface area contributed by atoms with E-state index in [9.17, 15) is 22.8 Å². The predicted molar refractivity (Wildman–Crippen MR) is 149 cm³/mol. The van der Waals surface area contributed by atoms with Gasteiger partial charge in [0.05, 0.1) is 18.1 Å². The summed E-state index contributed by atoms with van der Waals surface area (Å²) in [4.78, 5) is 35.6. The second-order valence-electron chi connectivity index (χ2n) is 10.0. The van der Waals surface area contributed by atoms with Crippen molar-refractivity contribution >= 4 is 28.9 Å². The number of carbonyl (C=O) groups excluding carboxylic acids is 2. The summed E-state index contributed by atoms with van der Waals surface area (Å²) in [6, 6.07) is 21.9. The molecular weight excluding hydrogens is 519 g/mol. The van der Waals surface area contributed by atoms with Gasteiger partial charge in [0.15, 0.2) is 11.9 Å². The first-order valence-electron chi connectivity index (χ1n) is 13.1. The summed E-state index contributed by atoms with van der Waals surface area (Å²) < 4.78 is 40.9. The number of fused-ring (bicyclic) bond motifs is 1. The lowest BCUT2D eigenvalue weighted by Crippen LogP contribution is -2.44. The zero-order chi connectivity index (χ0) is 28.3. The number of rotatable bonds is 5. The van der Waals surface area contributed by atoms with Crippen LogP contribution in [0.5, 0.6) is 0 Å². The van der Waals surface area contributed by atoms with Crippen LogP contribution in [0.4, 0.5) is 29.3 Å². The zero-order valence-electron chi connectivity index (χ0n) is 22.0. The lowest BCUT2D eigenvalue weighted by atomic mass is 9.86. The number of urea groups is 1. The molecule has 3 aromatic rings. The molecule has 2 N–H and O–H groups in total. The molecule has 0 spiro atoms. The van der Waals surface area contributed by atoms with E-state index in [1.807, 2.05) is 18.2 Å². The number of benzene rings is 3. The highest BCUT2D eigenvalue weighted by Crippen LogP contribution is 2.37. The molecule has 7 nitrogen and oxygen atoms in total. The molecule has 208 valence electrons. The minimum atomic E-state index is -4.59. The number of anilines is 2. The Morgan fingerprint density at radius 1 is 0.925 bits per heavy atom. The van der Waals surface area contributed by atoms with Gasteiger partial charge in [0.1, 0.15) is 0 Å². The number of ketones is 1. The second kappa shape index (κ2) is 11.5. The molecule has 5 rings (SSSR count). The van der Waals surface area contributed by atoms with Gasteiger partial charge in [-0.3, -0.25) is 9.79 Å². The Bertz CT molecular complexity index is 1380. The standard InChI is InChI=1S/C30H30F3N5O2/c1-37-15-17-38(18-16-37)22-13-11-21(12-14-22)34-29(40)36-28-27(39)25(19-30(31,32)33)23-9-5-6-10-24(23)26(35-28)20-7-3-2-4-8-20/h2-14,25,28H,15-19H2,1H3,(H2,34,36,40). The van der Waals surface area contributed by atoms with Crippen molar-refractivity contribution in [3.8, 4) is 0 Å². The van der Waals surface area contributed by atoms with Crippen LogP contribution in [0.15, 0.2) is 83.9 Å². The molecule has 0 aliphatic carbocycles. The molecule has 1 saturated heterocycles. The Morgan fingerprint density at radius 3 is 2.25 bits per heavy atom. The Hall–Kier alpha value is -4.18. The van der Waals surface area contributed by atoms with Crippen molar-refractivity contribution in [1.29, 1.82) is 0 Å². The van der Waals surface area contributed by atoms with Crippen molar-refractivity contribution in [1.82, 2.24) is 10.2 Å². The van der Waals surface area contributed by atoms with E-state index in [-0.39, 0.29) is 5.56 Å². The van der Waals surface area contributed by atoms with Crippen LogP contribution < -0.4 is 15.5 Å². The fraction of sp³-hybridized carbons (Fsp3) is 0.300. The molecule has 2 aliphatic rings. The molecule has 0 saturated carbocycles. The highest BCUT2D eigenvalue weighted by atomic mass is 19.4. The third kappa shape index (κ3) is 6.34. The summed E-state index contributed by atoms with van der Waals surface area (Å²) in [6.07, 6.45) is -7.46. The number of hydrogen-bond acceptors (Lipinski definition) is 5. The molecule has 2 atom stereocenters. The maximum atomic E-state index is 13.6. The van der Waals surface area contributed by atoms with Crippen molar-refractivity contribution in [2.75, 3.05) is 43.4 Å². The van der Waals surface area contributed by atoms with E-state index in [0.29, 0.717) is 22.5 Å². The third-order valence-electron chi connectivity index (χ3n) is 7.21. The van der Waals surface area contributed by atoms with Gasteiger partial charge in [0.25, 0.3) is 0 Å². The minimum Gasteiger partial charge on any atom is -0.369 e. The highest BCUT2D eigenvalue weighted by molar-refractivity contribution is 6.17. The summed E-state index contributed by atoms with van der Waals surface area (Å²) in [7, 11) is 2.08. The van der Waals surface area contributed by atoms with Crippen molar-refractivity contribution in [2.24, 2.45) is 4.99 Å². The molecule has 2 unspecified atom stereocenters. The molecule has 0 bridgehead atoms. The van der Waals surface area contributed by atoms with Crippen LogP contribution in [0.25, 0.3) is 0 Å². The Balaban J connectivity index is 1.40. The largest absolute Gasteiger partial charge is 0.390 e. The average Bonchev–Trinajstić information content (AvgIpc) is 3.04. The van der Waals surface area contributed by atoms with Gasteiger partial charge in [-0.2, -0.15) is 13.2 Å². The Labute approximate surface area is 230 Å². The molecule has 3 aromatic carbocycles. The van der Waals surface area contributed by atoms with Crippen LogP contribution in [0.3, 0.4) is 0 Å². The summed E-state index contributed by atoms with van der Waals surface area (Å²) in [6.45, 7) is 3.72. The zero-order valence-corrected chi connectivity index (χ0v) is 22.0. The maximum absolute atomic E-state index is 13.6. The first-order chi connectivity index (χ1) is 19.2. The number of aliphatic imine (C=N–C) groups is 1. The van der Waals surface area contributed by atoms with Gasteiger partial charge < -0.3 is 20.4 Å². The van der Waals surface area contributed by atoms with E-state index in [1.54, 1.807) is 54.6 Å². The molecule has 2 amide bonds. The van der Waals surface area contributed by atoms with Gasteiger partial charge in [-0.25, -0.2) is 4.79 Å². The van der Waals surface area contributed by atoms with Crippen LogP contribution in [0.1, 0.15) is 29.0 Å². The van der Waals surface area contributed by atoms with Crippen molar-refractivity contribution < 1.29 is 22.8 Å². The van der Waals surface area contributed by atoms with Crippen molar-refractivity contribution in [3.63, 3.8) is 0 Å². The number of piperazine rings is 1. The number of hydrogen-bond donors (Lipinski definition) is 2. The molecule has 0 radical (unpaired) electrons. The van der Waals surface area contributed by atoms with Crippen LogP contribution in [-0.2, 0) is 4.79 Å². The lowest BCUT2D eigenvalue weighted by Gasteiger charge is -2.34. The second-order valence-corrected chi connectivity index (χ2v) is 10.0. The van der Waals surface area contributed by atoms with E-state index in [4.69, 9.17) is 0 Å². The maximum Gasteiger partial charge on any atom is 0.390 e. The number of alkyl halides is 3. The van der Waals surface area contributed by atoms with E-state index in [1.165, 1.54) is 6.07 Å². The molecule has 2 aliphatic heterocycles. The first kappa shape index (κ1) is 27.4. The van der Waals surface area contributed by atoms with E-state index in [2.05, 4.69) is 32.5 Å². The molecule has 0 aromatic heterocycles. The number of nitrogens with zero attached hydrogens (tertiary/aromatic N) is 3. The topological polar surface area (TPSA) is 77.0 Å². The van der Waals surface area contributed by atoms with E-state index in [0.717, 1.165) is 31.9 Å². The van der Waals surface area contributed by atoms with Gasteiger partial charge >= 0.3 is 12.2 Å². The lowest BCUT2D eigenvalue weighted by molar-refractivity contribution is -0.147. The Morgan fingerprint density at radius 2 is 1.57 bits per heavy atom. The highest BCUT2D eigenvalue weighted by Gasteiger charge is 2.42.